The molecule has 0 bridgehead atoms. The van der Waals surface area contributed by atoms with Crippen LogP contribution in [0.3, 0.4) is 0 Å². The molecule has 1 aromatic heterocycles. The smallest absolute Gasteiger partial charge is 0.239 e. The zero-order valence-electron chi connectivity index (χ0n) is 11.3. The van der Waals surface area contributed by atoms with E-state index in [0.29, 0.717) is 5.92 Å². The van der Waals surface area contributed by atoms with Crippen LogP contribution in [-0.4, -0.2) is 52.1 Å². The van der Waals surface area contributed by atoms with Crippen molar-refractivity contribution in [1.82, 2.24) is 15.1 Å². The van der Waals surface area contributed by atoms with E-state index < -0.39 is 0 Å². The molecule has 1 aliphatic heterocycles. The molecule has 0 aliphatic carbocycles. The number of hydrogen-bond donors (Lipinski definition) is 2. The van der Waals surface area contributed by atoms with Gasteiger partial charge < -0.3 is 10.6 Å². The molecular formula is C13H22N4OS. The summed E-state index contributed by atoms with van der Waals surface area (Å²) in [5.41, 5.74) is 7.09. The highest BCUT2D eigenvalue weighted by atomic mass is 32.2. The van der Waals surface area contributed by atoms with Crippen molar-refractivity contribution < 1.29 is 4.79 Å². The van der Waals surface area contributed by atoms with Gasteiger partial charge in [0.2, 0.25) is 5.91 Å². The summed E-state index contributed by atoms with van der Waals surface area (Å²) >= 11 is 1.73. The minimum atomic E-state index is -0.354. The summed E-state index contributed by atoms with van der Waals surface area (Å²) in [5, 5.41) is 6.99. The van der Waals surface area contributed by atoms with Gasteiger partial charge in [-0.3, -0.25) is 9.89 Å². The topological polar surface area (TPSA) is 75.0 Å². The highest BCUT2D eigenvalue weighted by Crippen LogP contribution is 2.25. The second-order valence-electron chi connectivity index (χ2n) is 5.02. The summed E-state index contributed by atoms with van der Waals surface area (Å²) in [6, 6.07) is 1.64. The number of likely N-dealkylation sites (tertiary alicyclic amines) is 1. The van der Waals surface area contributed by atoms with E-state index in [1.807, 2.05) is 17.2 Å². The number of aromatic nitrogens is 2. The van der Waals surface area contributed by atoms with E-state index in [0.717, 1.165) is 43.8 Å². The number of amides is 1. The van der Waals surface area contributed by atoms with Crippen molar-refractivity contribution >= 4 is 17.7 Å². The van der Waals surface area contributed by atoms with Gasteiger partial charge in [-0.15, -0.1) is 0 Å². The van der Waals surface area contributed by atoms with Crippen LogP contribution >= 0.6 is 11.8 Å². The lowest BCUT2D eigenvalue weighted by Gasteiger charge is -2.33. The highest BCUT2D eigenvalue weighted by Gasteiger charge is 2.28. The Morgan fingerprint density at radius 3 is 3.26 bits per heavy atom. The van der Waals surface area contributed by atoms with Crippen LogP contribution in [0.15, 0.2) is 12.3 Å². The second-order valence-corrected chi connectivity index (χ2v) is 6.01. The van der Waals surface area contributed by atoms with Crippen molar-refractivity contribution in [2.45, 2.75) is 31.2 Å². The summed E-state index contributed by atoms with van der Waals surface area (Å²) < 4.78 is 0. The van der Waals surface area contributed by atoms with E-state index in [2.05, 4.69) is 10.2 Å². The zero-order valence-corrected chi connectivity index (χ0v) is 12.2. The third-order valence-corrected chi connectivity index (χ3v) is 4.29. The van der Waals surface area contributed by atoms with E-state index in [1.54, 1.807) is 18.0 Å². The molecule has 1 fully saturated rings. The number of thioether (sulfide) groups is 1. The minimum absolute atomic E-state index is 0.0956. The summed E-state index contributed by atoms with van der Waals surface area (Å²) in [4.78, 5) is 14.2. The second kappa shape index (κ2) is 6.96. The summed E-state index contributed by atoms with van der Waals surface area (Å²) in [7, 11) is 0. The minimum Gasteiger partial charge on any atom is -0.341 e. The van der Waals surface area contributed by atoms with Crippen molar-refractivity contribution in [3.05, 3.63) is 18.0 Å². The Bertz CT molecular complexity index is 395. The molecule has 3 N–H and O–H groups in total. The molecule has 1 amide bonds. The summed E-state index contributed by atoms with van der Waals surface area (Å²) in [5.74, 6) is 1.40. The fourth-order valence-corrected chi connectivity index (χ4v) is 3.02. The number of piperidine rings is 1. The van der Waals surface area contributed by atoms with Crippen molar-refractivity contribution in [1.29, 1.82) is 0 Å². The fourth-order valence-electron chi connectivity index (χ4n) is 2.53. The molecule has 106 valence electrons. The monoisotopic (exact) mass is 282 g/mol. The Morgan fingerprint density at radius 1 is 1.74 bits per heavy atom. The molecule has 2 rings (SSSR count). The summed E-state index contributed by atoms with van der Waals surface area (Å²) in [6.07, 6.45) is 6.69. The fraction of sp³-hybridized carbons (Fsp3) is 0.692. The largest absolute Gasteiger partial charge is 0.341 e. The van der Waals surface area contributed by atoms with E-state index >= 15 is 0 Å². The Labute approximate surface area is 118 Å². The number of carbonyl (C=O) groups excluding carboxylic acids is 1. The number of nitrogens with one attached hydrogen (secondary N) is 1. The quantitative estimate of drug-likeness (QED) is 0.851. The van der Waals surface area contributed by atoms with Crippen molar-refractivity contribution in [2.24, 2.45) is 5.73 Å². The van der Waals surface area contributed by atoms with Crippen molar-refractivity contribution in [3.63, 3.8) is 0 Å². The first kappa shape index (κ1) is 14.4. The maximum Gasteiger partial charge on any atom is 0.239 e. The van der Waals surface area contributed by atoms with E-state index in [4.69, 9.17) is 5.73 Å². The Balaban J connectivity index is 1.91. The van der Waals surface area contributed by atoms with Gasteiger partial charge in [-0.05, 0) is 37.3 Å². The Hall–Kier alpha value is -1.01. The third kappa shape index (κ3) is 3.73. The van der Waals surface area contributed by atoms with Crippen LogP contribution in [0.4, 0.5) is 0 Å². The number of carbonyl (C=O) groups is 1. The number of rotatable bonds is 5. The predicted octanol–water partition coefficient (Wildman–Crippen LogP) is 1.20. The number of H-pyrrole nitrogens is 1. The van der Waals surface area contributed by atoms with Gasteiger partial charge >= 0.3 is 0 Å². The SMILES string of the molecule is CSCC[C@H](N)C(=O)N1CCCC(c2ccn[nH]2)C1. The number of hydrogen-bond acceptors (Lipinski definition) is 4. The van der Waals surface area contributed by atoms with E-state index in [9.17, 15) is 4.79 Å². The standard InChI is InChI=1S/C13H22N4OS/c1-19-8-5-11(14)13(18)17-7-2-3-10(9-17)12-4-6-15-16-12/h4,6,10-11H,2-3,5,7-9,14H2,1H3,(H,15,16)/t10?,11-/m0/s1. The lowest BCUT2D eigenvalue weighted by atomic mass is 9.94. The van der Waals surface area contributed by atoms with Gasteiger partial charge in [-0.1, -0.05) is 0 Å². The summed E-state index contributed by atoms with van der Waals surface area (Å²) in [6.45, 7) is 1.59. The molecule has 1 aromatic rings. The molecule has 5 nitrogen and oxygen atoms in total. The van der Waals surface area contributed by atoms with Gasteiger partial charge in [0, 0.05) is 30.9 Å². The molecule has 0 aromatic carbocycles. The molecule has 2 heterocycles. The molecular weight excluding hydrogens is 260 g/mol. The molecule has 2 atom stereocenters. The first-order valence-electron chi connectivity index (χ1n) is 6.75. The lowest BCUT2D eigenvalue weighted by Crippen LogP contribution is -2.47. The first-order chi connectivity index (χ1) is 9.22. The molecule has 6 heteroatoms. The van der Waals surface area contributed by atoms with Crippen molar-refractivity contribution in [3.8, 4) is 0 Å². The van der Waals surface area contributed by atoms with Crippen LogP contribution in [0.5, 0.6) is 0 Å². The molecule has 1 saturated heterocycles. The van der Waals surface area contributed by atoms with Crippen molar-refractivity contribution in [2.75, 3.05) is 25.1 Å². The van der Waals surface area contributed by atoms with Gasteiger partial charge in [0.15, 0.2) is 0 Å². The maximum atomic E-state index is 12.3. The van der Waals surface area contributed by atoms with Crippen LogP contribution in [0.2, 0.25) is 0 Å². The molecule has 1 unspecified atom stereocenters. The van der Waals surface area contributed by atoms with Crippen LogP contribution in [0.25, 0.3) is 0 Å². The number of aromatic amines is 1. The number of nitrogens with two attached hydrogens (primary N) is 1. The van der Waals surface area contributed by atoms with Gasteiger partial charge in [0.25, 0.3) is 0 Å². The van der Waals surface area contributed by atoms with Gasteiger partial charge in [0.1, 0.15) is 0 Å². The molecule has 1 aliphatic rings. The lowest BCUT2D eigenvalue weighted by molar-refractivity contribution is -0.133. The predicted molar refractivity (Wildman–Crippen MR) is 78.1 cm³/mol. The van der Waals surface area contributed by atoms with Crippen LogP contribution in [0, 0.1) is 0 Å². The van der Waals surface area contributed by atoms with E-state index in [-0.39, 0.29) is 11.9 Å². The molecule has 0 radical (unpaired) electrons. The molecule has 19 heavy (non-hydrogen) atoms. The van der Waals surface area contributed by atoms with Gasteiger partial charge in [0.05, 0.1) is 6.04 Å². The Kier molecular flexibility index (Phi) is 5.27. The number of nitrogens with zero attached hydrogens (tertiary/aromatic N) is 2. The Morgan fingerprint density at radius 2 is 2.58 bits per heavy atom. The zero-order chi connectivity index (χ0) is 13.7. The van der Waals surface area contributed by atoms with E-state index in [1.165, 1.54) is 0 Å². The maximum absolute atomic E-state index is 12.3. The third-order valence-electron chi connectivity index (χ3n) is 3.65. The molecule has 0 saturated carbocycles. The molecule has 0 spiro atoms. The highest BCUT2D eigenvalue weighted by molar-refractivity contribution is 7.98. The van der Waals surface area contributed by atoms with Crippen LogP contribution < -0.4 is 5.73 Å². The average Bonchev–Trinajstić information content (AvgIpc) is 2.98. The van der Waals surface area contributed by atoms with Crippen LogP contribution in [0.1, 0.15) is 30.9 Å². The van der Waals surface area contributed by atoms with Gasteiger partial charge in [-0.2, -0.15) is 16.9 Å². The average molecular weight is 282 g/mol. The van der Waals surface area contributed by atoms with Gasteiger partial charge in [-0.25, -0.2) is 0 Å². The normalized spacial score (nSPS) is 21.4. The first-order valence-corrected chi connectivity index (χ1v) is 8.14. The van der Waals surface area contributed by atoms with Crippen LogP contribution in [-0.2, 0) is 4.79 Å².